The summed E-state index contributed by atoms with van der Waals surface area (Å²) in [7, 11) is 3.13. The zero-order valence-electron chi connectivity index (χ0n) is 17.4. The maximum atomic E-state index is 13.4. The lowest BCUT2D eigenvalue weighted by molar-refractivity contribution is 0.0946. The summed E-state index contributed by atoms with van der Waals surface area (Å²) in [4.78, 5) is 17.1. The van der Waals surface area contributed by atoms with Crippen molar-refractivity contribution in [2.75, 3.05) is 14.2 Å². The molecule has 0 radical (unpaired) electrons. The van der Waals surface area contributed by atoms with Crippen LogP contribution in [-0.4, -0.2) is 40.1 Å². The maximum absolute atomic E-state index is 13.4. The molecule has 4 rings (SSSR count). The molecular weight excluding hydrogens is 413 g/mol. The lowest BCUT2D eigenvalue weighted by atomic mass is 10.1. The SMILES string of the molecule is COc1ccc(OC)c(CNC(=O)c2nnn(-c3ccc(F)cc3)c2-c2ccncc2)c1. The Bertz CT molecular complexity index is 1230. The number of amides is 1. The van der Waals surface area contributed by atoms with Crippen LogP contribution < -0.4 is 14.8 Å². The van der Waals surface area contributed by atoms with Gasteiger partial charge < -0.3 is 14.8 Å². The van der Waals surface area contributed by atoms with Gasteiger partial charge in [0.2, 0.25) is 0 Å². The van der Waals surface area contributed by atoms with Gasteiger partial charge in [0.15, 0.2) is 5.69 Å². The van der Waals surface area contributed by atoms with Crippen LogP contribution in [-0.2, 0) is 6.54 Å². The number of halogens is 1. The Balaban J connectivity index is 1.68. The van der Waals surface area contributed by atoms with Crippen LogP contribution in [0.25, 0.3) is 16.9 Å². The summed E-state index contributed by atoms with van der Waals surface area (Å²) in [6, 6.07) is 14.6. The van der Waals surface area contributed by atoms with Gasteiger partial charge in [-0.15, -0.1) is 5.10 Å². The molecule has 1 N–H and O–H groups in total. The molecule has 32 heavy (non-hydrogen) atoms. The molecular formula is C23H20FN5O3. The Morgan fingerprint density at radius 2 is 1.78 bits per heavy atom. The van der Waals surface area contributed by atoms with E-state index in [1.54, 1.807) is 69.1 Å². The number of nitrogens with zero attached hydrogens (tertiary/aromatic N) is 4. The smallest absolute Gasteiger partial charge is 0.274 e. The lowest BCUT2D eigenvalue weighted by Crippen LogP contribution is -2.24. The van der Waals surface area contributed by atoms with Gasteiger partial charge >= 0.3 is 0 Å². The van der Waals surface area contributed by atoms with Crippen molar-refractivity contribution in [1.82, 2.24) is 25.3 Å². The Hall–Kier alpha value is -4.27. The van der Waals surface area contributed by atoms with Crippen LogP contribution in [0.5, 0.6) is 11.5 Å². The van der Waals surface area contributed by atoms with Crippen LogP contribution in [0.2, 0.25) is 0 Å². The number of ether oxygens (including phenoxy) is 2. The van der Waals surface area contributed by atoms with Crippen LogP contribution in [0.15, 0.2) is 67.0 Å². The van der Waals surface area contributed by atoms with E-state index in [9.17, 15) is 9.18 Å². The second-order valence-electron chi connectivity index (χ2n) is 6.77. The molecule has 0 fully saturated rings. The molecule has 8 nitrogen and oxygen atoms in total. The van der Waals surface area contributed by atoms with Gasteiger partial charge in [0.1, 0.15) is 23.0 Å². The molecule has 2 aromatic carbocycles. The molecule has 9 heteroatoms. The normalized spacial score (nSPS) is 10.6. The average molecular weight is 433 g/mol. The summed E-state index contributed by atoms with van der Waals surface area (Å²) in [6.07, 6.45) is 3.22. The van der Waals surface area contributed by atoms with E-state index in [1.165, 1.54) is 16.8 Å². The van der Waals surface area contributed by atoms with Crippen LogP contribution >= 0.6 is 0 Å². The number of hydrogen-bond acceptors (Lipinski definition) is 6. The topological polar surface area (TPSA) is 91.2 Å². The largest absolute Gasteiger partial charge is 0.497 e. The number of benzene rings is 2. The first-order valence-electron chi connectivity index (χ1n) is 9.72. The van der Waals surface area contributed by atoms with E-state index >= 15 is 0 Å². The summed E-state index contributed by atoms with van der Waals surface area (Å²) >= 11 is 0. The predicted molar refractivity (Wildman–Crippen MR) is 115 cm³/mol. The summed E-state index contributed by atoms with van der Waals surface area (Å²) in [6.45, 7) is 0.193. The highest BCUT2D eigenvalue weighted by Gasteiger charge is 2.22. The fourth-order valence-corrected chi connectivity index (χ4v) is 3.25. The van der Waals surface area contributed by atoms with E-state index in [0.29, 0.717) is 28.4 Å². The Labute approximate surface area is 183 Å². The first kappa shape index (κ1) is 21.0. The molecule has 162 valence electrons. The van der Waals surface area contributed by atoms with Crippen molar-refractivity contribution >= 4 is 5.91 Å². The molecule has 0 unspecified atom stereocenters. The quantitative estimate of drug-likeness (QED) is 0.480. The van der Waals surface area contributed by atoms with Crippen molar-refractivity contribution in [3.63, 3.8) is 0 Å². The monoisotopic (exact) mass is 433 g/mol. The number of carbonyl (C=O) groups excluding carboxylic acids is 1. The minimum atomic E-state index is -0.421. The van der Waals surface area contributed by atoms with Crippen molar-refractivity contribution < 1.29 is 18.7 Å². The first-order chi connectivity index (χ1) is 15.6. The van der Waals surface area contributed by atoms with Gasteiger partial charge in [0, 0.05) is 30.1 Å². The first-order valence-corrected chi connectivity index (χ1v) is 9.72. The average Bonchev–Trinajstić information content (AvgIpc) is 3.28. The number of pyridine rings is 1. The summed E-state index contributed by atoms with van der Waals surface area (Å²) < 4.78 is 25.5. The van der Waals surface area contributed by atoms with Crippen LogP contribution in [0.1, 0.15) is 16.1 Å². The number of methoxy groups -OCH3 is 2. The van der Waals surface area contributed by atoms with E-state index in [2.05, 4.69) is 20.6 Å². The molecule has 0 saturated heterocycles. The van der Waals surface area contributed by atoms with Crippen molar-refractivity contribution in [3.05, 3.63) is 84.1 Å². The maximum Gasteiger partial charge on any atom is 0.274 e. The molecule has 2 heterocycles. The minimum absolute atomic E-state index is 0.127. The number of carbonyl (C=O) groups is 1. The highest BCUT2D eigenvalue weighted by atomic mass is 19.1. The Kier molecular flexibility index (Phi) is 6.07. The number of rotatable bonds is 7. The second-order valence-corrected chi connectivity index (χ2v) is 6.77. The predicted octanol–water partition coefficient (Wildman–Crippen LogP) is 3.42. The molecule has 0 bridgehead atoms. The van der Waals surface area contributed by atoms with Gasteiger partial charge in [-0.05, 0) is 54.6 Å². The van der Waals surface area contributed by atoms with Crippen LogP contribution in [0.4, 0.5) is 4.39 Å². The molecule has 0 atom stereocenters. The van der Waals surface area contributed by atoms with Crippen LogP contribution in [0.3, 0.4) is 0 Å². The van der Waals surface area contributed by atoms with E-state index < -0.39 is 5.91 Å². The van der Waals surface area contributed by atoms with Crippen molar-refractivity contribution in [2.24, 2.45) is 0 Å². The molecule has 0 aliphatic heterocycles. The van der Waals surface area contributed by atoms with E-state index in [1.807, 2.05) is 0 Å². The lowest BCUT2D eigenvalue weighted by Gasteiger charge is -2.12. The van der Waals surface area contributed by atoms with Crippen molar-refractivity contribution in [2.45, 2.75) is 6.54 Å². The van der Waals surface area contributed by atoms with E-state index in [-0.39, 0.29) is 18.1 Å². The van der Waals surface area contributed by atoms with Crippen molar-refractivity contribution in [3.8, 4) is 28.4 Å². The summed E-state index contributed by atoms with van der Waals surface area (Å²) in [5, 5.41) is 11.1. The number of aromatic nitrogens is 4. The fraction of sp³-hybridized carbons (Fsp3) is 0.130. The minimum Gasteiger partial charge on any atom is -0.497 e. The molecule has 1 amide bonds. The number of hydrogen-bond donors (Lipinski definition) is 1. The van der Waals surface area contributed by atoms with Crippen LogP contribution in [0, 0.1) is 5.82 Å². The van der Waals surface area contributed by atoms with Gasteiger partial charge in [-0.1, -0.05) is 5.21 Å². The van der Waals surface area contributed by atoms with Gasteiger partial charge in [-0.3, -0.25) is 9.78 Å². The summed E-state index contributed by atoms with van der Waals surface area (Å²) in [5.41, 5.74) is 2.60. The fourth-order valence-electron chi connectivity index (χ4n) is 3.25. The Morgan fingerprint density at radius 1 is 1.03 bits per heavy atom. The molecule has 0 saturated carbocycles. The summed E-state index contributed by atoms with van der Waals surface area (Å²) in [5.74, 6) is 0.477. The van der Waals surface area contributed by atoms with E-state index in [4.69, 9.17) is 9.47 Å². The Morgan fingerprint density at radius 3 is 2.47 bits per heavy atom. The third kappa shape index (κ3) is 4.27. The highest BCUT2D eigenvalue weighted by Crippen LogP contribution is 2.26. The standard InChI is InChI=1S/C23H20FN5O3/c1-31-19-7-8-20(32-2)16(13-19)14-26-23(30)21-22(15-9-11-25-12-10-15)29(28-27-21)18-5-3-17(24)4-6-18/h3-13H,14H2,1-2H3,(H,26,30). The van der Waals surface area contributed by atoms with Gasteiger partial charge in [-0.2, -0.15) is 0 Å². The molecule has 0 aliphatic carbocycles. The number of nitrogens with one attached hydrogen (secondary N) is 1. The molecule has 0 aliphatic rings. The van der Waals surface area contributed by atoms with Crippen molar-refractivity contribution in [1.29, 1.82) is 0 Å². The van der Waals surface area contributed by atoms with Gasteiger partial charge in [0.25, 0.3) is 5.91 Å². The molecule has 2 aromatic heterocycles. The van der Waals surface area contributed by atoms with E-state index in [0.717, 1.165) is 5.56 Å². The highest BCUT2D eigenvalue weighted by molar-refractivity contribution is 5.98. The third-order valence-electron chi connectivity index (χ3n) is 4.84. The second kappa shape index (κ2) is 9.25. The van der Waals surface area contributed by atoms with Gasteiger partial charge in [-0.25, -0.2) is 9.07 Å². The zero-order chi connectivity index (χ0) is 22.5. The molecule has 4 aromatic rings. The zero-order valence-corrected chi connectivity index (χ0v) is 17.4. The van der Waals surface area contributed by atoms with Gasteiger partial charge in [0.05, 0.1) is 19.9 Å². The third-order valence-corrected chi connectivity index (χ3v) is 4.84. The molecule has 0 spiro atoms.